The van der Waals surface area contributed by atoms with Gasteiger partial charge in [-0.2, -0.15) is 0 Å². The number of sulfone groups is 1. The zero-order valence-electron chi connectivity index (χ0n) is 16.5. The highest BCUT2D eigenvalue weighted by Gasteiger charge is 2.31. The molecule has 0 heterocycles. The van der Waals surface area contributed by atoms with Crippen LogP contribution in [0.5, 0.6) is 0 Å². The molecule has 2 fully saturated rings. The molecular formula is C24H30O2S. The molecule has 2 aromatic rings. The second kappa shape index (κ2) is 7.43. The van der Waals surface area contributed by atoms with E-state index in [1.807, 2.05) is 24.3 Å². The first-order valence-electron chi connectivity index (χ1n) is 10.4. The summed E-state index contributed by atoms with van der Waals surface area (Å²) in [6, 6.07) is 11.9. The third-order valence-electron chi connectivity index (χ3n) is 6.50. The molecule has 0 radical (unpaired) electrons. The molecule has 2 saturated carbocycles. The smallest absolute Gasteiger partial charge is 0.207 e. The fourth-order valence-corrected chi connectivity index (χ4v) is 6.86. The van der Waals surface area contributed by atoms with Gasteiger partial charge in [0.1, 0.15) is 0 Å². The molecule has 0 aliphatic heterocycles. The molecule has 27 heavy (non-hydrogen) atoms. The van der Waals surface area contributed by atoms with Crippen molar-refractivity contribution >= 4 is 9.84 Å². The van der Waals surface area contributed by atoms with Crippen LogP contribution in [0.15, 0.2) is 46.2 Å². The monoisotopic (exact) mass is 382 g/mol. The summed E-state index contributed by atoms with van der Waals surface area (Å²) in [6.45, 7) is 4.12. The highest BCUT2D eigenvalue weighted by molar-refractivity contribution is 7.91. The van der Waals surface area contributed by atoms with E-state index in [-0.39, 0.29) is 0 Å². The molecule has 0 saturated heterocycles. The largest absolute Gasteiger partial charge is 0.218 e. The van der Waals surface area contributed by atoms with Crippen molar-refractivity contribution in [1.29, 1.82) is 0 Å². The van der Waals surface area contributed by atoms with Crippen LogP contribution < -0.4 is 0 Å². The minimum Gasteiger partial charge on any atom is -0.218 e. The fourth-order valence-electron chi connectivity index (χ4n) is 5.06. The highest BCUT2D eigenvalue weighted by Crippen LogP contribution is 2.42. The van der Waals surface area contributed by atoms with E-state index in [2.05, 4.69) is 26.0 Å². The summed E-state index contributed by atoms with van der Waals surface area (Å²) in [5.74, 6) is 0.769. The van der Waals surface area contributed by atoms with E-state index in [1.54, 1.807) is 0 Å². The van der Waals surface area contributed by atoms with Gasteiger partial charge in [0.25, 0.3) is 0 Å². The Morgan fingerprint density at radius 3 is 1.41 bits per heavy atom. The zero-order chi connectivity index (χ0) is 19.0. The standard InChI is InChI=1S/C24H30O2S/c1-17-11-13-23(21(15-17)19-7-3-4-8-19)27(25,26)24-14-12-18(2)16-22(24)20-9-5-6-10-20/h11-16,19-20H,3-10H2,1-2H3. The Morgan fingerprint density at radius 2 is 1.04 bits per heavy atom. The van der Waals surface area contributed by atoms with Crippen LogP contribution in [0.2, 0.25) is 0 Å². The Morgan fingerprint density at radius 1 is 0.667 bits per heavy atom. The van der Waals surface area contributed by atoms with E-state index in [9.17, 15) is 8.42 Å². The lowest BCUT2D eigenvalue weighted by Crippen LogP contribution is -2.12. The van der Waals surface area contributed by atoms with Crippen molar-refractivity contribution in [2.45, 2.75) is 86.8 Å². The van der Waals surface area contributed by atoms with Crippen LogP contribution in [0.3, 0.4) is 0 Å². The molecule has 144 valence electrons. The van der Waals surface area contributed by atoms with E-state index in [4.69, 9.17) is 0 Å². The van der Waals surface area contributed by atoms with E-state index >= 15 is 0 Å². The van der Waals surface area contributed by atoms with Gasteiger partial charge in [-0.3, -0.25) is 0 Å². The SMILES string of the molecule is Cc1ccc(S(=O)(=O)c2ccc(C)cc2C2CCCC2)c(C2CCCC2)c1. The number of rotatable bonds is 4. The van der Waals surface area contributed by atoms with Crippen LogP contribution in [-0.4, -0.2) is 8.42 Å². The Labute approximate surface area is 163 Å². The van der Waals surface area contributed by atoms with Gasteiger partial charge in [-0.1, -0.05) is 61.1 Å². The third-order valence-corrected chi connectivity index (χ3v) is 8.40. The summed E-state index contributed by atoms with van der Waals surface area (Å²) in [7, 11) is -3.51. The van der Waals surface area contributed by atoms with Crippen LogP contribution in [0.4, 0.5) is 0 Å². The summed E-state index contributed by atoms with van der Waals surface area (Å²) < 4.78 is 27.6. The molecule has 2 aromatic carbocycles. The average molecular weight is 383 g/mol. The van der Waals surface area contributed by atoms with Crippen molar-refractivity contribution in [3.8, 4) is 0 Å². The Bertz CT molecular complexity index is 859. The Hall–Kier alpha value is -1.61. The molecule has 0 bridgehead atoms. The Balaban J connectivity index is 1.85. The molecule has 0 amide bonds. The van der Waals surface area contributed by atoms with Crippen molar-refractivity contribution < 1.29 is 8.42 Å². The molecule has 2 aliphatic rings. The minimum absolute atomic E-state index is 0.384. The summed E-state index contributed by atoms with van der Waals surface area (Å²) in [5, 5.41) is 0. The van der Waals surface area contributed by atoms with Crippen molar-refractivity contribution in [1.82, 2.24) is 0 Å². The third kappa shape index (κ3) is 3.59. The lowest BCUT2D eigenvalue weighted by Gasteiger charge is -2.20. The van der Waals surface area contributed by atoms with Gasteiger partial charge < -0.3 is 0 Å². The van der Waals surface area contributed by atoms with Crippen molar-refractivity contribution in [2.24, 2.45) is 0 Å². The van der Waals surface area contributed by atoms with Crippen LogP contribution >= 0.6 is 0 Å². The number of hydrogen-bond acceptors (Lipinski definition) is 2. The fraction of sp³-hybridized carbons (Fsp3) is 0.500. The molecule has 0 spiro atoms. The maximum absolute atomic E-state index is 13.8. The van der Waals surface area contributed by atoms with E-state index < -0.39 is 9.84 Å². The molecule has 2 nitrogen and oxygen atoms in total. The summed E-state index contributed by atoms with van der Waals surface area (Å²) in [6.07, 6.45) is 9.24. The van der Waals surface area contributed by atoms with Gasteiger partial charge in [-0.25, -0.2) is 8.42 Å². The molecule has 0 atom stereocenters. The second-order valence-corrected chi connectivity index (χ2v) is 10.4. The van der Waals surface area contributed by atoms with Crippen LogP contribution in [0.25, 0.3) is 0 Å². The topological polar surface area (TPSA) is 34.1 Å². The molecule has 3 heteroatoms. The van der Waals surface area contributed by atoms with E-state index in [0.29, 0.717) is 21.6 Å². The number of hydrogen-bond donors (Lipinski definition) is 0. The predicted molar refractivity (Wildman–Crippen MR) is 110 cm³/mol. The number of aryl methyl sites for hydroxylation is 2. The maximum Gasteiger partial charge on any atom is 0.207 e. The van der Waals surface area contributed by atoms with Crippen molar-refractivity contribution in [3.63, 3.8) is 0 Å². The molecule has 2 aliphatic carbocycles. The molecule has 4 rings (SSSR count). The lowest BCUT2D eigenvalue weighted by molar-refractivity contribution is 0.587. The van der Waals surface area contributed by atoms with Gasteiger partial charge >= 0.3 is 0 Å². The van der Waals surface area contributed by atoms with Gasteiger partial charge in [0.05, 0.1) is 9.79 Å². The van der Waals surface area contributed by atoms with E-state index in [0.717, 1.165) is 47.9 Å². The van der Waals surface area contributed by atoms with Crippen LogP contribution in [0.1, 0.15) is 85.5 Å². The summed E-state index contributed by atoms with van der Waals surface area (Å²) >= 11 is 0. The zero-order valence-corrected chi connectivity index (χ0v) is 17.3. The normalized spacial score (nSPS) is 19.0. The predicted octanol–water partition coefficient (Wildman–Crippen LogP) is 6.45. The average Bonchev–Trinajstić information content (AvgIpc) is 3.35. The first-order chi connectivity index (χ1) is 13.0. The first kappa shape index (κ1) is 18.7. The van der Waals surface area contributed by atoms with Gasteiger partial charge in [0.2, 0.25) is 9.84 Å². The van der Waals surface area contributed by atoms with Crippen molar-refractivity contribution in [3.05, 3.63) is 58.7 Å². The second-order valence-electron chi connectivity index (χ2n) is 8.55. The van der Waals surface area contributed by atoms with Crippen molar-refractivity contribution in [2.75, 3.05) is 0 Å². The maximum atomic E-state index is 13.8. The molecule has 0 unspecified atom stereocenters. The Kier molecular flexibility index (Phi) is 5.15. The lowest BCUT2D eigenvalue weighted by atomic mass is 9.96. The van der Waals surface area contributed by atoms with Crippen LogP contribution in [0, 0.1) is 13.8 Å². The first-order valence-corrected chi connectivity index (χ1v) is 11.9. The molecular weight excluding hydrogens is 352 g/mol. The van der Waals surface area contributed by atoms with Gasteiger partial charge in [0, 0.05) is 0 Å². The summed E-state index contributed by atoms with van der Waals surface area (Å²) in [4.78, 5) is 1.09. The highest BCUT2D eigenvalue weighted by atomic mass is 32.2. The van der Waals surface area contributed by atoms with Gasteiger partial charge in [-0.15, -0.1) is 0 Å². The van der Waals surface area contributed by atoms with Gasteiger partial charge in [0.15, 0.2) is 0 Å². The molecule has 0 aromatic heterocycles. The van der Waals surface area contributed by atoms with Crippen LogP contribution in [-0.2, 0) is 9.84 Å². The molecule has 0 N–H and O–H groups in total. The van der Waals surface area contributed by atoms with E-state index in [1.165, 1.54) is 25.7 Å². The van der Waals surface area contributed by atoms with Gasteiger partial charge in [-0.05, 0) is 74.6 Å². The quantitative estimate of drug-likeness (QED) is 0.609. The summed E-state index contributed by atoms with van der Waals surface area (Å²) in [5.41, 5.74) is 4.39. The number of benzene rings is 2. The minimum atomic E-state index is -3.51.